The van der Waals surface area contributed by atoms with Crippen LogP contribution in [0.2, 0.25) is 0 Å². The fraction of sp³-hybridized carbons (Fsp3) is 0.412. The molecule has 2 aromatic rings. The first-order chi connectivity index (χ1) is 9.83. The van der Waals surface area contributed by atoms with Crippen LogP contribution in [-0.4, -0.2) is 6.61 Å². The highest BCUT2D eigenvalue weighted by Crippen LogP contribution is 2.17. The first-order valence-corrected chi connectivity index (χ1v) is 8.19. The van der Waals surface area contributed by atoms with Crippen LogP contribution >= 0.6 is 11.3 Å². The number of aryl methyl sites for hydroxylation is 1. The van der Waals surface area contributed by atoms with Gasteiger partial charge in [-0.25, -0.2) is 0 Å². The number of benzene rings is 1. The van der Waals surface area contributed by atoms with E-state index in [4.69, 9.17) is 4.74 Å². The summed E-state index contributed by atoms with van der Waals surface area (Å²) in [6.45, 7) is 6.97. The highest BCUT2D eigenvalue weighted by atomic mass is 32.1. The van der Waals surface area contributed by atoms with Crippen molar-refractivity contribution >= 4 is 11.3 Å². The zero-order chi connectivity index (χ0) is 14.2. The van der Waals surface area contributed by atoms with E-state index in [2.05, 4.69) is 54.9 Å². The second-order valence-electron chi connectivity index (χ2n) is 4.82. The Balaban J connectivity index is 1.79. The molecule has 0 saturated carbocycles. The molecule has 1 heterocycles. The average molecular weight is 289 g/mol. The van der Waals surface area contributed by atoms with Crippen LogP contribution in [0.3, 0.4) is 0 Å². The molecule has 3 heteroatoms. The fourth-order valence-corrected chi connectivity index (χ4v) is 3.03. The standard InChI is InChI=1S/C17H23NOS/c1-3-10-19-16-7-5-14(6-8-16)12-18-13-17-15(4-2)9-11-20-17/h5-9,11,18H,3-4,10,12-13H2,1-2H3. The average Bonchev–Trinajstić information content (AvgIpc) is 2.94. The molecule has 0 radical (unpaired) electrons. The van der Waals surface area contributed by atoms with Gasteiger partial charge >= 0.3 is 0 Å². The largest absolute Gasteiger partial charge is 0.494 e. The summed E-state index contributed by atoms with van der Waals surface area (Å²) in [6, 6.07) is 10.6. The van der Waals surface area contributed by atoms with Gasteiger partial charge in [-0.3, -0.25) is 0 Å². The fourth-order valence-electron chi connectivity index (χ4n) is 2.08. The molecule has 0 spiro atoms. The van der Waals surface area contributed by atoms with Gasteiger partial charge in [-0.2, -0.15) is 0 Å². The van der Waals surface area contributed by atoms with Gasteiger partial charge in [-0.1, -0.05) is 26.0 Å². The molecule has 0 unspecified atom stereocenters. The molecular weight excluding hydrogens is 266 g/mol. The molecule has 0 fully saturated rings. The molecule has 0 aliphatic heterocycles. The lowest BCUT2D eigenvalue weighted by atomic mass is 10.2. The van der Waals surface area contributed by atoms with E-state index in [9.17, 15) is 0 Å². The minimum atomic E-state index is 0.787. The number of hydrogen-bond acceptors (Lipinski definition) is 3. The number of thiophene rings is 1. The third-order valence-electron chi connectivity index (χ3n) is 3.23. The SMILES string of the molecule is CCCOc1ccc(CNCc2sccc2CC)cc1. The summed E-state index contributed by atoms with van der Waals surface area (Å²) < 4.78 is 5.59. The Bertz CT molecular complexity index is 504. The summed E-state index contributed by atoms with van der Waals surface area (Å²) in [7, 11) is 0. The number of nitrogens with one attached hydrogen (secondary N) is 1. The maximum absolute atomic E-state index is 5.59. The molecule has 2 rings (SSSR count). The molecule has 1 aromatic carbocycles. The quantitative estimate of drug-likeness (QED) is 0.778. The Labute approximate surface area is 125 Å². The minimum absolute atomic E-state index is 0.787. The van der Waals surface area contributed by atoms with Crippen molar-refractivity contribution in [3.05, 3.63) is 51.7 Å². The van der Waals surface area contributed by atoms with Gasteiger partial charge in [0.2, 0.25) is 0 Å². The first-order valence-electron chi connectivity index (χ1n) is 7.31. The summed E-state index contributed by atoms with van der Waals surface area (Å²) in [5, 5.41) is 5.69. The molecule has 0 aliphatic rings. The van der Waals surface area contributed by atoms with Crippen LogP contribution in [0.25, 0.3) is 0 Å². The van der Waals surface area contributed by atoms with Crippen LogP contribution in [-0.2, 0) is 19.5 Å². The van der Waals surface area contributed by atoms with E-state index in [1.165, 1.54) is 16.0 Å². The Morgan fingerprint density at radius 3 is 2.55 bits per heavy atom. The molecular formula is C17H23NOS. The Hall–Kier alpha value is -1.32. The third kappa shape index (κ3) is 4.36. The van der Waals surface area contributed by atoms with Crippen molar-refractivity contribution in [2.45, 2.75) is 39.8 Å². The zero-order valence-corrected chi connectivity index (χ0v) is 13.1. The smallest absolute Gasteiger partial charge is 0.119 e. The van der Waals surface area contributed by atoms with Gasteiger partial charge < -0.3 is 10.1 Å². The molecule has 1 aromatic heterocycles. The summed E-state index contributed by atoms with van der Waals surface area (Å²) >= 11 is 1.84. The van der Waals surface area contributed by atoms with Gasteiger partial charge in [0.05, 0.1) is 6.61 Å². The van der Waals surface area contributed by atoms with E-state index >= 15 is 0 Å². The van der Waals surface area contributed by atoms with Crippen LogP contribution in [0.4, 0.5) is 0 Å². The highest BCUT2D eigenvalue weighted by molar-refractivity contribution is 7.10. The summed E-state index contributed by atoms with van der Waals surface area (Å²) in [5.74, 6) is 0.960. The minimum Gasteiger partial charge on any atom is -0.494 e. The van der Waals surface area contributed by atoms with E-state index in [0.717, 1.165) is 38.3 Å². The van der Waals surface area contributed by atoms with Crippen LogP contribution in [0.1, 0.15) is 36.3 Å². The van der Waals surface area contributed by atoms with E-state index in [0.29, 0.717) is 0 Å². The predicted octanol–water partition coefficient (Wildman–Crippen LogP) is 4.39. The number of hydrogen-bond donors (Lipinski definition) is 1. The first kappa shape index (κ1) is 15.1. The van der Waals surface area contributed by atoms with Gasteiger partial charge in [-0.15, -0.1) is 11.3 Å². The Morgan fingerprint density at radius 2 is 1.85 bits per heavy atom. The molecule has 1 N–H and O–H groups in total. The molecule has 0 atom stereocenters. The van der Waals surface area contributed by atoms with Crippen LogP contribution in [0.5, 0.6) is 5.75 Å². The third-order valence-corrected chi connectivity index (χ3v) is 4.19. The lowest BCUT2D eigenvalue weighted by molar-refractivity contribution is 0.317. The van der Waals surface area contributed by atoms with E-state index in [-0.39, 0.29) is 0 Å². The maximum Gasteiger partial charge on any atom is 0.119 e. The summed E-state index contributed by atoms with van der Waals surface area (Å²) in [6.07, 6.45) is 2.16. The topological polar surface area (TPSA) is 21.3 Å². The second-order valence-corrected chi connectivity index (χ2v) is 5.82. The Kier molecular flexibility index (Phi) is 6.09. The molecule has 0 amide bonds. The highest BCUT2D eigenvalue weighted by Gasteiger charge is 2.02. The van der Waals surface area contributed by atoms with Crippen molar-refractivity contribution in [1.29, 1.82) is 0 Å². The Morgan fingerprint density at radius 1 is 1.05 bits per heavy atom. The molecule has 0 bridgehead atoms. The maximum atomic E-state index is 5.59. The lowest BCUT2D eigenvalue weighted by Gasteiger charge is -2.07. The predicted molar refractivity (Wildman–Crippen MR) is 86.5 cm³/mol. The van der Waals surface area contributed by atoms with E-state index in [1.54, 1.807) is 0 Å². The molecule has 2 nitrogen and oxygen atoms in total. The number of rotatable bonds is 8. The van der Waals surface area contributed by atoms with Crippen molar-refractivity contribution in [2.75, 3.05) is 6.61 Å². The second kappa shape index (κ2) is 8.08. The monoisotopic (exact) mass is 289 g/mol. The van der Waals surface area contributed by atoms with Crippen molar-refractivity contribution in [2.24, 2.45) is 0 Å². The molecule has 0 saturated heterocycles. The van der Waals surface area contributed by atoms with Gasteiger partial charge in [-0.05, 0) is 47.5 Å². The van der Waals surface area contributed by atoms with Crippen molar-refractivity contribution < 1.29 is 4.74 Å². The number of ether oxygens (including phenoxy) is 1. The molecule has 20 heavy (non-hydrogen) atoms. The van der Waals surface area contributed by atoms with Crippen LogP contribution < -0.4 is 10.1 Å². The van der Waals surface area contributed by atoms with Gasteiger partial charge in [0, 0.05) is 18.0 Å². The lowest BCUT2D eigenvalue weighted by Crippen LogP contribution is -2.12. The molecule has 108 valence electrons. The normalized spacial score (nSPS) is 10.7. The van der Waals surface area contributed by atoms with Gasteiger partial charge in [0.25, 0.3) is 0 Å². The zero-order valence-electron chi connectivity index (χ0n) is 12.3. The van der Waals surface area contributed by atoms with Crippen LogP contribution in [0.15, 0.2) is 35.7 Å². The van der Waals surface area contributed by atoms with Gasteiger partial charge in [0.1, 0.15) is 5.75 Å². The van der Waals surface area contributed by atoms with Crippen molar-refractivity contribution in [1.82, 2.24) is 5.32 Å². The van der Waals surface area contributed by atoms with E-state index < -0.39 is 0 Å². The van der Waals surface area contributed by atoms with Crippen molar-refractivity contribution in [3.63, 3.8) is 0 Å². The summed E-state index contributed by atoms with van der Waals surface area (Å²) in [5.41, 5.74) is 2.76. The summed E-state index contributed by atoms with van der Waals surface area (Å²) in [4.78, 5) is 1.45. The van der Waals surface area contributed by atoms with Gasteiger partial charge in [0.15, 0.2) is 0 Å². The van der Waals surface area contributed by atoms with Crippen LogP contribution in [0, 0.1) is 0 Å². The molecule has 0 aliphatic carbocycles. The van der Waals surface area contributed by atoms with E-state index in [1.807, 2.05) is 11.3 Å². The van der Waals surface area contributed by atoms with Crippen molar-refractivity contribution in [3.8, 4) is 5.75 Å².